The average Bonchev–Trinajstić information content (AvgIpc) is 2.75. The number of fused-ring (bicyclic) bond motifs is 1. The van der Waals surface area contributed by atoms with Gasteiger partial charge in [0.2, 0.25) is 0 Å². The van der Waals surface area contributed by atoms with Crippen LogP contribution in [0, 0.1) is 23.7 Å². The molecule has 0 N–H and O–H groups in total. The SMILES string of the molecule is CCCC(CC)CC1CCC2CCCC2C1. The topological polar surface area (TPSA) is 0 Å². The molecule has 0 radical (unpaired) electrons. The zero-order chi connectivity index (χ0) is 11.4. The van der Waals surface area contributed by atoms with Gasteiger partial charge in [-0.25, -0.2) is 0 Å². The summed E-state index contributed by atoms with van der Waals surface area (Å²) >= 11 is 0. The summed E-state index contributed by atoms with van der Waals surface area (Å²) in [5.41, 5.74) is 0. The van der Waals surface area contributed by atoms with Crippen molar-refractivity contribution in [2.45, 2.75) is 78.1 Å². The largest absolute Gasteiger partial charge is 0.0654 e. The predicted octanol–water partition coefficient (Wildman–Crippen LogP) is 5.42. The molecule has 2 aliphatic rings. The molecule has 2 saturated carbocycles. The molecule has 0 nitrogen and oxygen atoms in total. The molecule has 0 aromatic carbocycles. The second-order valence-corrected chi connectivity index (χ2v) is 6.43. The van der Waals surface area contributed by atoms with Crippen molar-refractivity contribution < 1.29 is 0 Å². The van der Waals surface area contributed by atoms with E-state index in [2.05, 4.69) is 13.8 Å². The highest BCUT2D eigenvalue weighted by atomic mass is 14.4. The fourth-order valence-electron chi connectivity index (χ4n) is 4.38. The van der Waals surface area contributed by atoms with Crippen molar-refractivity contribution in [3.05, 3.63) is 0 Å². The lowest BCUT2D eigenvalue weighted by Crippen LogP contribution is -2.22. The van der Waals surface area contributed by atoms with Crippen LogP contribution in [0.5, 0.6) is 0 Å². The molecule has 4 atom stereocenters. The van der Waals surface area contributed by atoms with Crippen LogP contribution in [0.15, 0.2) is 0 Å². The quantitative estimate of drug-likeness (QED) is 0.582. The number of rotatable bonds is 5. The van der Waals surface area contributed by atoms with Crippen molar-refractivity contribution in [1.29, 1.82) is 0 Å². The van der Waals surface area contributed by atoms with Gasteiger partial charge in [-0.2, -0.15) is 0 Å². The molecule has 2 rings (SSSR count). The van der Waals surface area contributed by atoms with Crippen LogP contribution < -0.4 is 0 Å². The van der Waals surface area contributed by atoms with Crippen LogP contribution in [0.4, 0.5) is 0 Å². The van der Waals surface area contributed by atoms with E-state index in [-0.39, 0.29) is 0 Å². The van der Waals surface area contributed by atoms with E-state index in [1.165, 1.54) is 25.7 Å². The summed E-state index contributed by atoms with van der Waals surface area (Å²) in [5.74, 6) is 4.41. The van der Waals surface area contributed by atoms with E-state index in [4.69, 9.17) is 0 Å². The van der Waals surface area contributed by atoms with Gasteiger partial charge in [-0.15, -0.1) is 0 Å². The highest BCUT2D eigenvalue weighted by Crippen LogP contribution is 2.46. The van der Waals surface area contributed by atoms with Gasteiger partial charge < -0.3 is 0 Å². The first kappa shape index (κ1) is 12.5. The van der Waals surface area contributed by atoms with Gasteiger partial charge in [-0.1, -0.05) is 58.8 Å². The van der Waals surface area contributed by atoms with Crippen molar-refractivity contribution in [3.8, 4) is 0 Å². The van der Waals surface area contributed by atoms with Crippen LogP contribution in [-0.4, -0.2) is 0 Å². The van der Waals surface area contributed by atoms with Crippen LogP contribution in [0.1, 0.15) is 78.1 Å². The summed E-state index contributed by atoms with van der Waals surface area (Å²) in [6.07, 6.45) is 15.2. The third-order valence-corrected chi connectivity index (χ3v) is 5.34. The second kappa shape index (κ2) is 6.07. The lowest BCUT2D eigenvalue weighted by Gasteiger charge is -2.33. The van der Waals surface area contributed by atoms with Crippen molar-refractivity contribution in [3.63, 3.8) is 0 Å². The van der Waals surface area contributed by atoms with E-state index < -0.39 is 0 Å². The van der Waals surface area contributed by atoms with Gasteiger partial charge in [0.1, 0.15) is 0 Å². The summed E-state index contributed by atoms with van der Waals surface area (Å²) in [7, 11) is 0. The first-order chi connectivity index (χ1) is 7.83. The molecule has 0 aromatic heterocycles. The summed E-state index contributed by atoms with van der Waals surface area (Å²) in [4.78, 5) is 0. The number of hydrogen-bond acceptors (Lipinski definition) is 0. The minimum absolute atomic E-state index is 1.04. The Bertz CT molecular complexity index is 196. The molecule has 0 spiro atoms. The Morgan fingerprint density at radius 1 is 1.00 bits per heavy atom. The highest BCUT2D eigenvalue weighted by molar-refractivity contribution is 4.85. The van der Waals surface area contributed by atoms with Gasteiger partial charge in [-0.05, 0) is 42.9 Å². The van der Waals surface area contributed by atoms with Gasteiger partial charge in [0.25, 0.3) is 0 Å². The maximum Gasteiger partial charge on any atom is -0.0383 e. The standard InChI is InChI=1S/C16H30/c1-3-6-13(4-2)11-14-9-10-15-7-5-8-16(15)12-14/h13-16H,3-12H2,1-2H3. The molecule has 0 aliphatic heterocycles. The summed E-state index contributed by atoms with van der Waals surface area (Å²) in [6.45, 7) is 4.73. The monoisotopic (exact) mass is 222 g/mol. The Kier molecular flexibility index (Phi) is 4.73. The van der Waals surface area contributed by atoms with Gasteiger partial charge in [-0.3, -0.25) is 0 Å². The lowest BCUT2D eigenvalue weighted by molar-refractivity contribution is 0.178. The van der Waals surface area contributed by atoms with Crippen LogP contribution in [-0.2, 0) is 0 Å². The van der Waals surface area contributed by atoms with Crippen molar-refractivity contribution in [2.24, 2.45) is 23.7 Å². The fraction of sp³-hybridized carbons (Fsp3) is 1.00. The van der Waals surface area contributed by atoms with Gasteiger partial charge in [0.05, 0.1) is 0 Å². The molecule has 0 bridgehead atoms. The third kappa shape index (κ3) is 3.02. The first-order valence-corrected chi connectivity index (χ1v) is 7.83. The Balaban J connectivity index is 1.77. The molecule has 2 fully saturated rings. The maximum absolute atomic E-state index is 2.39. The van der Waals surface area contributed by atoms with Crippen molar-refractivity contribution in [1.82, 2.24) is 0 Å². The Morgan fingerprint density at radius 3 is 2.56 bits per heavy atom. The van der Waals surface area contributed by atoms with E-state index in [0.717, 1.165) is 23.7 Å². The number of hydrogen-bond donors (Lipinski definition) is 0. The van der Waals surface area contributed by atoms with Gasteiger partial charge in [0, 0.05) is 0 Å². The molecule has 4 unspecified atom stereocenters. The molecule has 94 valence electrons. The van der Waals surface area contributed by atoms with E-state index in [9.17, 15) is 0 Å². The fourth-order valence-corrected chi connectivity index (χ4v) is 4.38. The summed E-state index contributed by atoms with van der Waals surface area (Å²) in [6, 6.07) is 0. The second-order valence-electron chi connectivity index (χ2n) is 6.43. The van der Waals surface area contributed by atoms with E-state index in [1.54, 1.807) is 38.5 Å². The van der Waals surface area contributed by atoms with Crippen LogP contribution in [0.25, 0.3) is 0 Å². The molecular formula is C16H30. The maximum atomic E-state index is 2.39. The molecule has 0 amide bonds. The molecule has 0 aromatic rings. The van der Waals surface area contributed by atoms with Gasteiger partial charge in [0.15, 0.2) is 0 Å². The third-order valence-electron chi connectivity index (χ3n) is 5.34. The summed E-state index contributed by atoms with van der Waals surface area (Å²) in [5, 5.41) is 0. The molecule has 2 aliphatic carbocycles. The van der Waals surface area contributed by atoms with Gasteiger partial charge >= 0.3 is 0 Å². The average molecular weight is 222 g/mol. The molecule has 0 heterocycles. The van der Waals surface area contributed by atoms with Crippen molar-refractivity contribution >= 4 is 0 Å². The highest BCUT2D eigenvalue weighted by Gasteiger charge is 2.34. The molecule has 0 heteroatoms. The molecular weight excluding hydrogens is 192 g/mol. The van der Waals surface area contributed by atoms with Crippen LogP contribution in [0.3, 0.4) is 0 Å². The molecule has 16 heavy (non-hydrogen) atoms. The minimum Gasteiger partial charge on any atom is -0.0654 e. The molecule has 0 saturated heterocycles. The Morgan fingerprint density at radius 2 is 1.81 bits per heavy atom. The van der Waals surface area contributed by atoms with Crippen molar-refractivity contribution in [2.75, 3.05) is 0 Å². The van der Waals surface area contributed by atoms with Crippen LogP contribution >= 0.6 is 0 Å². The minimum atomic E-state index is 1.04. The Labute approximate surface area is 102 Å². The lowest BCUT2D eigenvalue weighted by atomic mass is 9.72. The predicted molar refractivity (Wildman–Crippen MR) is 71.5 cm³/mol. The van der Waals surface area contributed by atoms with E-state index in [1.807, 2.05) is 0 Å². The first-order valence-electron chi connectivity index (χ1n) is 7.83. The van der Waals surface area contributed by atoms with Crippen LogP contribution in [0.2, 0.25) is 0 Å². The zero-order valence-corrected chi connectivity index (χ0v) is 11.4. The van der Waals surface area contributed by atoms with E-state index >= 15 is 0 Å². The Hall–Kier alpha value is 0. The van der Waals surface area contributed by atoms with E-state index in [0.29, 0.717) is 0 Å². The summed E-state index contributed by atoms with van der Waals surface area (Å²) < 4.78 is 0. The smallest absolute Gasteiger partial charge is 0.0383 e. The normalized spacial score (nSPS) is 36.0. The zero-order valence-electron chi connectivity index (χ0n) is 11.4.